The van der Waals surface area contributed by atoms with E-state index < -0.39 is 5.91 Å². The summed E-state index contributed by atoms with van der Waals surface area (Å²) < 4.78 is 6.80. The van der Waals surface area contributed by atoms with E-state index in [0.717, 1.165) is 0 Å². The van der Waals surface area contributed by atoms with Gasteiger partial charge in [0.2, 0.25) is 0 Å². The largest absolute Gasteiger partial charge is 0.463 e. The van der Waals surface area contributed by atoms with Crippen LogP contribution in [0.15, 0.2) is 35.1 Å². The predicted molar refractivity (Wildman–Crippen MR) is 90.2 cm³/mol. The highest BCUT2D eigenvalue weighted by Gasteiger charge is 2.22. The summed E-state index contributed by atoms with van der Waals surface area (Å²) in [6.45, 7) is 2.38. The van der Waals surface area contributed by atoms with E-state index in [1.165, 1.54) is 22.0 Å². The molecule has 0 fully saturated rings. The standard InChI is InChI=1S/C16H18N6O3/c1-4-22-14(16(24)21(2)3)12(9-17-22)18-15(23)11-8-10(19-20-11)13-6-5-7-25-13/h5-9H,4H2,1-3H3,(H,18,23)(H,19,20). The van der Waals surface area contributed by atoms with Gasteiger partial charge in [-0.15, -0.1) is 0 Å². The van der Waals surface area contributed by atoms with Gasteiger partial charge in [0.05, 0.1) is 18.1 Å². The summed E-state index contributed by atoms with van der Waals surface area (Å²) in [5, 5.41) is 13.6. The fourth-order valence-corrected chi connectivity index (χ4v) is 2.34. The fourth-order valence-electron chi connectivity index (χ4n) is 2.34. The van der Waals surface area contributed by atoms with Gasteiger partial charge in [0.25, 0.3) is 11.8 Å². The molecule has 0 aliphatic rings. The van der Waals surface area contributed by atoms with Crippen molar-refractivity contribution in [2.24, 2.45) is 0 Å². The fraction of sp³-hybridized carbons (Fsp3) is 0.250. The maximum absolute atomic E-state index is 12.5. The molecule has 2 amide bonds. The number of furan rings is 1. The number of hydrogen-bond donors (Lipinski definition) is 2. The molecule has 3 aromatic rings. The number of carbonyl (C=O) groups is 2. The molecule has 0 unspecified atom stereocenters. The van der Waals surface area contributed by atoms with Crippen molar-refractivity contribution in [2.75, 3.05) is 19.4 Å². The summed E-state index contributed by atoms with van der Waals surface area (Å²) in [6, 6.07) is 5.08. The second kappa shape index (κ2) is 6.63. The van der Waals surface area contributed by atoms with E-state index >= 15 is 0 Å². The third kappa shape index (κ3) is 3.16. The van der Waals surface area contributed by atoms with Crippen molar-refractivity contribution in [3.63, 3.8) is 0 Å². The Bertz CT molecular complexity index is 891. The van der Waals surface area contributed by atoms with Gasteiger partial charge in [-0.25, -0.2) is 0 Å². The molecule has 0 saturated carbocycles. The maximum Gasteiger partial charge on any atom is 0.276 e. The molecule has 2 N–H and O–H groups in total. The molecule has 0 radical (unpaired) electrons. The Balaban J connectivity index is 1.84. The van der Waals surface area contributed by atoms with Crippen LogP contribution in [0.1, 0.15) is 27.9 Å². The number of aryl methyl sites for hydroxylation is 1. The molecule has 0 bridgehead atoms. The Morgan fingerprint density at radius 3 is 2.84 bits per heavy atom. The molecule has 0 aromatic carbocycles. The Labute approximate surface area is 143 Å². The summed E-state index contributed by atoms with van der Waals surface area (Å²) in [6.07, 6.45) is 2.99. The van der Waals surface area contributed by atoms with Crippen LogP contribution < -0.4 is 5.32 Å². The molecular formula is C16H18N6O3. The zero-order valence-corrected chi connectivity index (χ0v) is 14.1. The van der Waals surface area contributed by atoms with Crippen LogP contribution >= 0.6 is 0 Å². The highest BCUT2D eigenvalue weighted by atomic mass is 16.3. The van der Waals surface area contributed by atoms with Gasteiger partial charge in [-0.05, 0) is 19.1 Å². The highest BCUT2D eigenvalue weighted by Crippen LogP contribution is 2.20. The predicted octanol–water partition coefficient (Wildman–Crippen LogP) is 1.84. The number of aromatic amines is 1. The number of H-pyrrole nitrogens is 1. The smallest absolute Gasteiger partial charge is 0.276 e. The second-order valence-corrected chi connectivity index (χ2v) is 5.52. The van der Waals surface area contributed by atoms with Crippen LogP contribution in [0, 0.1) is 0 Å². The Hall–Kier alpha value is -3.36. The lowest BCUT2D eigenvalue weighted by molar-refractivity contribution is 0.0816. The van der Waals surface area contributed by atoms with E-state index in [1.54, 1.807) is 32.3 Å². The van der Waals surface area contributed by atoms with Crippen LogP contribution in [0.2, 0.25) is 0 Å². The lowest BCUT2D eigenvalue weighted by atomic mass is 10.2. The number of nitrogens with one attached hydrogen (secondary N) is 2. The van der Waals surface area contributed by atoms with Crippen molar-refractivity contribution in [3.05, 3.63) is 42.0 Å². The summed E-state index contributed by atoms with van der Waals surface area (Å²) >= 11 is 0. The SMILES string of the molecule is CCn1ncc(NC(=O)c2cc(-c3ccco3)[nH]n2)c1C(=O)N(C)C. The van der Waals surface area contributed by atoms with E-state index in [2.05, 4.69) is 20.6 Å². The van der Waals surface area contributed by atoms with Gasteiger partial charge in [0.15, 0.2) is 11.5 Å². The first-order chi connectivity index (χ1) is 12.0. The van der Waals surface area contributed by atoms with E-state index in [0.29, 0.717) is 29.4 Å². The molecule has 0 aliphatic carbocycles. The Morgan fingerprint density at radius 1 is 1.40 bits per heavy atom. The normalized spacial score (nSPS) is 10.7. The van der Waals surface area contributed by atoms with Crippen LogP contribution in [0.25, 0.3) is 11.5 Å². The van der Waals surface area contributed by atoms with Crippen LogP contribution in [-0.2, 0) is 6.54 Å². The Morgan fingerprint density at radius 2 is 2.20 bits per heavy atom. The summed E-state index contributed by atoms with van der Waals surface area (Å²) in [5.41, 5.74) is 1.43. The molecule has 9 heteroatoms. The van der Waals surface area contributed by atoms with Crippen LogP contribution in [-0.4, -0.2) is 50.8 Å². The molecule has 3 aromatic heterocycles. The number of carbonyl (C=O) groups excluding carboxylic acids is 2. The van der Waals surface area contributed by atoms with Crippen molar-refractivity contribution in [2.45, 2.75) is 13.5 Å². The molecule has 0 aliphatic heterocycles. The minimum Gasteiger partial charge on any atom is -0.463 e. The van der Waals surface area contributed by atoms with E-state index in [-0.39, 0.29) is 11.6 Å². The number of aromatic nitrogens is 4. The van der Waals surface area contributed by atoms with Crippen LogP contribution in [0.4, 0.5) is 5.69 Å². The van der Waals surface area contributed by atoms with Crippen molar-refractivity contribution < 1.29 is 14.0 Å². The van der Waals surface area contributed by atoms with Gasteiger partial charge < -0.3 is 14.6 Å². The minimum atomic E-state index is -0.447. The molecule has 130 valence electrons. The third-order valence-corrected chi connectivity index (χ3v) is 3.59. The number of hydrogen-bond acceptors (Lipinski definition) is 5. The summed E-state index contributed by atoms with van der Waals surface area (Å²) in [4.78, 5) is 26.2. The van der Waals surface area contributed by atoms with Gasteiger partial charge in [-0.3, -0.25) is 19.4 Å². The molecule has 0 atom stereocenters. The number of anilines is 1. The van der Waals surface area contributed by atoms with Crippen molar-refractivity contribution in [1.29, 1.82) is 0 Å². The first kappa shape index (κ1) is 16.5. The van der Waals surface area contributed by atoms with Gasteiger partial charge >= 0.3 is 0 Å². The first-order valence-corrected chi connectivity index (χ1v) is 7.69. The van der Waals surface area contributed by atoms with Crippen molar-refractivity contribution in [3.8, 4) is 11.5 Å². The third-order valence-electron chi connectivity index (χ3n) is 3.59. The molecule has 3 heterocycles. The lowest BCUT2D eigenvalue weighted by Crippen LogP contribution is -2.26. The molecule has 0 spiro atoms. The molecule has 25 heavy (non-hydrogen) atoms. The quantitative estimate of drug-likeness (QED) is 0.735. The number of amides is 2. The monoisotopic (exact) mass is 342 g/mol. The van der Waals surface area contributed by atoms with Gasteiger partial charge in [-0.1, -0.05) is 0 Å². The van der Waals surface area contributed by atoms with Gasteiger partial charge in [0.1, 0.15) is 11.4 Å². The molecular weight excluding hydrogens is 324 g/mol. The average Bonchev–Trinajstić information content (AvgIpc) is 3.33. The lowest BCUT2D eigenvalue weighted by Gasteiger charge is -2.13. The molecule has 3 rings (SSSR count). The highest BCUT2D eigenvalue weighted by molar-refractivity contribution is 6.07. The molecule has 9 nitrogen and oxygen atoms in total. The maximum atomic E-state index is 12.5. The summed E-state index contributed by atoms with van der Waals surface area (Å²) in [7, 11) is 3.29. The zero-order valence-electron chi connectivity index (χ0n) is 14.1. The number of rotatable bonds is 5. The topological polar surface area (TPSA) is 109 Å². The van der Waals surface area contributed by atoms with Crippen molar-refractivity contribution in [1.82, 2.24) is 24.9 Å². The molecule has 0 saturated heterocycles. The van der Waals surface area contributed by atoms with E-state index in [9.17, 15) is 9.59 Å². The van der Waals surface area contributed by atoms with Crippen molar-refractivity contribution >= 4 is 17.5 Å². The minimum absolute atomic E-state index is 0.180. The van der Waals surface area contributed by atoms with Crippen LogP contribution in [0.3, 0.4) is 0 Å². The summed E-state index contributed by atoms with van der Waals surface area (Å²) in [5.74, 6) is -0.112. The van der Waals surface area contributed by atoms with Gasteiger partial charge in [-0.2, -0.15) is 10.2 Å². The zero-order chi connectivity index (χ0) is 18.0. The van der Waals surface area contributed by atoms with E-state index in [1.807, 2.05) is 6.92 Å². The van der Waals surface area contributed by atoms with Crippen LogP contribution in [0.5, 0.6) is 0 Å². The van der Waals surface area contributed by atoms with E-state index in [4.69, 9.17) is 4.42 Å². The average molecular weight is 342 g/mol. The second-order valence-electron chi connectivity index (χ2n) is 5.52. The van der Waals surface area contributed by atoms with Gasteiger partial charge in [0, 0.05) is 26.7 Å². The number of nitrogens with zero attached hydrogens (tertiary/aromatic N) is 4. The first-order valence-electron chi connectivity index (χ1n) is 7.69. The Kier molecular flexibility index (Phi) is 4.38.